The Balaban J connectivity index is 1.51. The number of hydrazone groups is 2. The number of nitrogens with two attached hydrogens (primary N) is 2. The number of hydrogen-bond acceptors (Lipinski definition) is 4. The van der Waals surface area contributed by atoms with Crippen molar-refractivity contribution in [2.45, 2.75) is 71.6 Å². The summed E-state index contributed by atoms with van der Waals surface area (Å²) in [7, 11) is 0. The van der Waals surface area contributed by atoms with Crippen LogP contribution in [0.2, 0.25) is 0 Å². The Morgan fingerprint density at radius 3 is 2.38 bits per heavy atom. The highest BCUT2D eigenvalue weighted by atomic mass is 32.1. The maximum absolute atomic E-state index is 5.61. The minimum absolute atomic E-state index is 0.199. The molecule has 0 bridgehead atoms. The maximum Gasteiger partial charge on any atom is 0.184 e. The first kappa shape index (κ1) is 21.0. The van der Waals surface area contributed by atoms with Crippen LogP contribution in [0.1, 0.15) is 71.6 Å². The lowest BCUT2D eigenvalue weighted by Crippen LogP contribution is -2.53. The van der Waals surface area contributed by atoms with Gasteiger partial charge in [-0.25, -0.2) is 0 Å². The average Bonchev–Trinajstić information content (AvgIpc) is 3.01. The number of nitrogens with zero attached hydrogens (tertiary/aromatic N) is 2. The Morgan fingerprint density at radius 1 is 0.931 bits per heavy atom. The van der Waals surface area contributed by atoms with Crippen molar-refractivity contribution in [3.05, 3.63) is 0 Å². The van der Waals surface area contributed by atoms with Gasteiger partial charge >= 0.3 is 0 Å². The van der Waals surface area contributed by atoms with Gasteiger partial charge in [-0.3, -0.25) is 10.9 Å². The zero-order chi connectivity index (χ0) is 20.8. The summed E-state index contributed by atoms with van der Waals surface area (Å²) >= 11 is 9.86. The van der Waals surface area contributed by atoms with E-state index in [0.29, 0.717) is 5.41 Å². The van der Waals surface area contributed by atoms with Gasteiger partial charge in [-0.05, 0) is 111 Å². The van der Waals surface area contributed by atoms with Gasteiger partial charge in [-0.1, -0.05) is 13.8 Å². The molecule has 0 radical (unpaired) electrons. The van der Waals surface area contributed by atoms with Crippen LogP contribution >= 0.6 is 24.4 Å². The molecule has 8 heteroatoms. The summed E-state index contributed by atoms with van der Waals surface area (Å²) in [5.41, 5.74) is 20.0. The predicted octanol–water partition coefficient (Wildman–Crippen LogP) is 3.41. The molecule has 0 unspecified atom stereocenters. The van der Waals surface area contributed by atoms with Gasteiger partial charge in [0, 0.05) is 16.8 Å². The molecule has 0 aliphatic heterocycles. The molecule has 0 aromatic carbocycles. The molecule has 160 valence electrons. The summed E-state index contributed by atoms with van der Waals surface area (Å²) in [6, 6.07) is 0. The van der Waals surface area contributed by atoms with Crippen LogP contribution in [0.25, 0.3) is 0 Å². The summed E-state index contributed by atoms with van der Waals surface area (Å²) in [4.78, 5) is 0. The van der Waals surface area contributed by atoms with Gasteiger partial charge in [0.25, 0.3) is 0 Å². The normalized spacial score (nSPS) is 43.9. The van der Waals surface area contributed by atoms with Gasteiger partial charge in [-0.15, -0.1) is 0 Å². The van der Waals surface area contributed by atoms with Crippen molar-refractivity contribution in [1.82, 2.24) is 10.9 Å². The van der Waals surface area contributed by atoms with Crippen molar-refractivity contribution in [3.8, 4) is 0 Å². The molecule has 4 aliphatic carbocycles. The predicted molar refractivity (Wildman–Crippen MR) is 126 cm³/mol. The molecular weight excluding hydrogens is 400 g/mol. The Kier molecular flexibility index (Phi) is 5.61. The van der Waals surface area contributed by atoms with Crippen LogP contribution in [0.4, 0.5) is 0 Å². The largest absolute Gasteiger partial charge is 0.375 e. The highest BCUT2D eigenvalue weighted by Gasteiger charge is 2.59. The Hall–Kier alpha value is -1.28. The molecule has 29 heavy (non-hydrogen) atoms. The highest BCUT2D eigenvalue weighted by Crippen LogP contribution is 2.65. The van der Waals surface area contributed by atoms with Crippen molar-refractivity contribution in [2.24, 2.45) is 56.2 Å². The van der Waals surface area contributed by atoms with E-state index in [9.17, 15) is 0 Å². The molecule has 4 rings (SSSR count). The van der Waals surface area contributed by atoms with Crippen LogP contribution in [0.3, 0.4) is 0 Å². The van der Waals surface area contributed by atoms with Gasteiger partial charge in [0.15, 0.2) is 10.2 Å². The minimum atomic E-state index is 0.199. The second kappa shape index (κ2) is 7.76. The number of hydrogen-bond donors (Lipinski definition) is 4. The van der Waals surface area contributed by atoms with Gasteiger partial charge in [0.1, 0.15) is 0 Å². The molecule has 6 nitrogen and oxygen atoms in total. The van der Waals surface area contributed by atoms with Crippen molar-refractivity contribution < 1.29 is 0 Å². The topological polar surface area (TPSA) is 101 Å². The summed E-state index contributed by atoms with van der Waals surface area (Å²) in [5, 5.41) is 9.61. The van der Waals surface area contributed by atoms with Crippen molar-refractivity contribution >= 4 is 46.1 Å². The smallest absolute Gasteiger partial charge is 0.184 e. The van der Waals surface area contributed by atoms with Gasteiger partial charge in [0.2, 0.25) is 0 Å². The third kappa shape index (κ3) is 3.67. The van der Waals surface area contributed by atoms with Crippen LogP contribution in [-0.2, 0) is 0 Å². The van der Waals surface area contributed by atoms with Crippen LogP contribution in [0.5, 0.6) is 0 Å². The van der Waals surface area contributed by atoms with Crippen molar-refractivity contribution in [3.63, 3.8) is 0 Å². The fourth-order valence-electron chi connectivity index (χ4n) is 7.39. The molecular formula is C21H34N6S2. The fourth-order valence-corrected chi connectivity index (χ4v) is 7.48. The van der Waals surface area contributed by atoms with Crippen LogP contribution in [0, 0.1) is 34.5 Å². The molecule has 4 fully saturated rings. The molecule has 4 saturated carbocycles. The molecule has 0 heterocycles. The highest BCUT2D eigenvalue weighted by molar-refractivity contribution is 7.80. The third-order valence-corrected chi connectivity index (χ3v) is 9.05. The monoisotopic (exact) mass is 434 g/mol. The maximum atomic E-state index is 5.61. The molecule has 0 amide bonds. The van der Waals surface area contributed by atoms with E-state index in [1.54, 1.807) is 0 Å². The summed E-state index contributed by atoms with van der Waals surface area (Å²) < 4.78 is 0. The molecule has 0 aromatic rings. The molecule has 0 spiro atoms. The quantitative estimate of drug-likeness (QED) is 0.392. The molecule has 0 aromatic heterocycles. The van der Waals surface area contributed by atoms with E-state index in [-0.39, 0.29) is 15.6 Å². The van der Waals surface area contributed by atoms with E-state index >= 15 is 0 Å². The number of rotatable bonds is 2. The van der Waals surface area contributed by atoms with Gasteiger partial charge in [0.05, 0.1) is 0 Å². The van der Waals surface area contributed by atoms with E-state index in [2.05, 4.69) is 34.9 Å². The van der Waals surface area contributed by atoms with E-state index in [4.69, 9.17) is 35.9 Å². The summed E-state index contributed by atoms with van der Waals surface area (Å²) in [6.07, 6.45) is 10.8. The standard InChI is InChI=1S/C21H34N6S2/c1-20-9-7-13(24-26-18(22)28)11-12(20)3-4-14-15-5-6-17(25-27-19(23)29)21(15,2)10-8-16(14)20/h12,14-16H,3-11H2,1-2H3,(H3,22,26,28)(H3,23,27,29)/b24-13-,25-17+/t12-,14+,15+,16+,20-,21-/m0/s1. The SMILES string of the molecule is C[C@]12CC/C(=N/NC(N)=S)C[C@@H]1CC[C@H]1[C@H]2CC[C@]2(C)/C(=N/NC(N)=S)CC[C@H]12. The molecule has 4 aliphatic rings. The lowest BCUT2D eigenvalue weighted by atomic mass is 9.45. The van der Waals surface area contributed by atoms with E-state index in [0.717, 1.165) is 42.9 Å². The van der Waals surface area contributed by atoms with Gasteiger partial charge < -0.3 is 11.5 Å². The second-order valence-electron chi connectivity index (χ2n) is 10.0. The first-order chi connectivity index (χ1) is 13.7. The first-order valence-electron chi connectivity index (χ1n) is 11.0. The lowest BCUT2D eigenvalue weighted by molar-refractivity contribution is -0.0815. The zero-order valence-corrected chi connectivity index (χ0v) is 19.2. The number of thiocarbonyl (C=S) groups is 2. The van der Waals surface area contributed by atoms with Gasteiger partial charge in [-0.2, -0.15) is 10.2 Å². The van der Waals surface area contributed by atoms with Crippen molar-refractivity contribution in [2.75, 3.05) is 0 Å². The Bertz CT molecular complexity index is 764. The van der Waals surface area contributed by atoms with E-state index in [1.807, 2.05) is 0 Å². The average molecular weight is 435 g/mol. The first-order valence-corrected chi connectivity index (χ1v) is 11.8. The Morgan fingerprint density at radius 2 is 1.66 bits per heavy atom. The van der Waals surface area contributed by atoms with E-state index in [1.165, 1.54) is 49.9 Å². The summed E-state index contributed by atoms with van der Waals surface area (Å²) in [6.45, 7) is 5.00. The third-order valence-electron chi connectivity index (χ3n) is 8.87. The number of nitrogens with one attached hydrogen (secondary N) is 2. The Labute approximate surface area is 184 Å². The van der Waals surface area contributed by atoms with Crippen LogP contribution in [-0.4, -0.2) is 21.6 Å². The lowest BCUT2D eigenvalue weighted by Gasteiger charge is -2.59. The van der Waals surface area contributed by atoms with E-state index < -0.39 is 0 Å². The molecule has 6 N–H and O–H groups in total. The molecule has 0 saturated heterocycles. The van der Waals surface area contributed by atoms with Crippen LogP contribution < -0.4 is 22.3 Å². The summed E-state index contributed by atoms with van der Waals surface area (Å²) in [5.74, 6) is 3.07. The second-order valence-corrected chi connectivity index (χ2v) is 10.9. The van der Waals surface area contributed by atoms with Crippen molar-refractivity contribution in [1.29, 1.82) is 0 Å². The zero-order valence-electron chi connectivity index (χ0n) is 17.5. The fraction of sp³-hybridized carbons (Fsp3) is 0.810. The minimum Gasteiger partial charge on any atom is -0.375 e. The molecule has 6 atom stereocenters. The van der Waals surface area contributed by atoms with Crippen LogP contribution in [0.15, 0.2) is 10.2 Å². The number of fused-ring (bicyclic) bond motifs is 5.